The van der Waals surface area contributed by atoms with Crippen molar-refractivity contribution in [1.29, 1.82) is 0 Å². The molecule has 2 nitrogen and oxygen atoms in total. The van der Waals surface area contributed by atoms with Crippen molar-refractivity contribution in [2.45, 2.75) is 12.6 Å². The molecule has 0 bridgehead atoms. The second kappa shape index (κ2) is 6.62. The number of hydrogen-bond donors (Lipinski definition) is 1. The molecule has 0 spiro atoms. The van der Waals surface area contributed by atoms with Gasteiger partial charge in [-0.3, -0.25) is 4.79 Å². The number of hydrogen-bond acceptors (Lipinski definition) is 2. The minimum Gasteiger partial charge on any atom is -0.352 e. The zero-order valence-electron chi connectivity index (χ0n) is 10.7. The quantitative estimate of drug-likeness (QED) is 0.834. The highest BCUT2D eigenvalue weighted by Gasteiger charge is 2.33. The van der Waals surface area contributed by atoms with Gasteiger partial charge < -0.3 is 5.32 Å². The van der Waals surface area contributed by atoms with Gasteiger partial charge >= 0.3 is 6.18 Å². The average Bonchev–Trinajstić information content (AvgIpc) is 2.91. The molecule has 0 saturated carbocycles. The van der Waals surface area contributed by atoms with Gasteiger partial charge in [-0.25, -0.2) is 0 Å². The van der Waals surface area contributed by atoms with Crippen molar-refractivity contribution in [2.75, 3.05) is 6.54 Å². The SMILES string of the molecule is O=C(NCCc1cccs1)c1ccc(Br)c(C(F)(F)F)c1. The molecule has 1 N–H and O–H groups in total. The van der Waals surface area contributed by atoms with E-state index in [0.717, 1.165) is 10.9 Å². The van der Waals surface area contributed by atoms with Crippen LogP contribution in [0.1, 0.15) is 20.8 Å². The second-order valence-electron chi connectivity index (χ2n) is 4.28. The molecule has 0 atom stereocenters. The number of carbonyl (C=O) groups excluding carboxylic acids is 1. The Morgan fingerprint density at radius 1 is 1.29 bits per heavy atom. The van der Waals surface area contributed by atoms with Gasteiger partial charge in [-0.15, -0.1) is 11.3 Å². The molecule has 2 aromatic rings. The van der Waals surface area contributed by atoms with Crippen LogP contribution in [0.5, 0.6) is 0 Å². The fourth-order valence-electron chi connectivity index (χ4n) is 1.74. The van der Waals surface area contributed by atoms with Crippen LogP contribution in [0.3, 0.4) is 0 Å². The number of nitrogens with one attached hydrogen (secondary N) is 1. The maximum atomic E-state index is 12.8. The molecule has 1 aromatic heterocycles. The van der Waals surface area contributed by atoms with Gasteiger partial charge in [0, 0.05) is 21.5 Å². The molecule has 0 aliphatic heterocycles. The van der Waals surface area contributed by atoms with Gasteiger partial charge in [0.15, 0.2) is 0 Å². The fraction of sp³-hybridized carbons (Fsp3) is 0.214. The Hall–Kier alpha value is -1.34. The van der Waals surface area contributed by atoms with E-state index in [1.54, 1.807) is 11.3 Å². The van der Waals surface area contributed by atoms with Crippen LogP contribution < -0.4 is 5.32 Å². The summed E-state index contributed by atoms with van der Waals surface area (Å²) in [6, 6.07) is 7.30. The lowest BCUT2D eigenvalue weighted by Crippen LogP contribution is -2.26. The molecule has 0 aliphatic rings. The molecular formula is C14H11BrF3NOS. The lowest BCUT2D eigenvalue weighted by Gasteiger charge is -2.11. The van der Waals surface area contributed by atoms with Crippen molar-refractivity contribution in [3.63, 3.8) is 0 Å². The number of thiophene rings is 1. The number of alkyl halides is 3. The monoisotopic (exact) mass is 377 g/mol. The summed E-state index contributed by atoms with van der Waals surface area (Å²) in [5.74, 6) is -0.510. The van der Waals surface area contributed by atoms with Crippen LogP contribution in [-0.4, -0.2) is 12.5 Å². The molecule has 0 fully saturated rings. The van der Waals surface area contributed by atoms with Crippen LogP contribution >= 0.6 is 27.3 Å². The lowest BCUT2D eigenvalue weighted by atomic mass is 10.1. The van der Waals surface area contributed by atoms with Crippen LogP contribution in [0.2, 0.25) is 0 Å². The van der Waals surface area contributed by atoms with Crippen molar-refractivity contribution in [2.24, 2.45) is 0 Å². The van der Waals surface area contributed by atoms with Crippen LogP contribution in [0, 0.1) is 0 Å². The van der Waals surface area contributed by atoms with Crippen LogP contribution in [-0.2, 0) is 12.6 Å². The first-order valence-corrected chi connectivity index (χ1v) is 7.72. The van der Waals surface area contributed by atoms with Crippen molar-refractivity contribution in [3.8, 4) is 0 Å². The molecule has 0 radical (unpaired) electrons. The molecule has 0 unspecified atom stereocenters. The van der Waals surface area contributed by atoms with Gasteiger partial charge in [0.1, 0.15) is 0 Å². The van der Waals surface area contributed by atoms with E-state index in [1.165, 1.54) is 12.1 Å². The predicted octanol–water partition coefficient (Wildman–Crippen LogP) is 4.50. The topological polar surface area (TPSA) is 29.1 Å². The molecule has 1 heterocycles. The number of benzene rings is 1. The normalized spacial score (nSPS) is 11.4. The molecule has 0 aliphatic carbocycles. The zero-order chi connectivity index (χ0) is 15.5. The third-order valence-electron chi connectivity index (χ3n) is 2.77. The van der Waals surface area contributed by atoms with Crippen LogP contribution in [0.4, 0.5) is 13.2 Å². The minimum atomic E-state index is -4.49. The molecule has 2 rings (SSSR count). The van der Waals surface area contributed by atoms with Crippen molar-refractivity contribution in [3.05, 3.63) is 56.2 Å². The smallest absolute Gasteiger partial charge is 0.352 e. The summed E-state index contributed by atoms with van der Waals surface area (Å²) in [5, 5.41) is 4.55. The Balaban J connectivity index is 2.02. The second-order valence-corrected chi connectivity index (χ2v) is 6.16. The summed E-state index contributed by atoms with van der Waals surface area (Å²) in [5.41, 5.74) is -0.856. The average molecular weight is 378 g/mol. The van der Waals surface area contributed by atoms with Gasteiger partial charge in [-0.1, -0.05) is 22.0 Å². The summed E-state index contributed by atoms with van der Waals surface area (Å²) < 4.78 is 38.2. The first kappa shape index (κ1) is 16.0. The lowest BCUT2D eigenvalue weighted by molar-refractivity contribution is -0.138. The van der Waals surface area contributed by atoms with Gasteiger partial charge in [-0.05, 0) is 36.1 Å². The summed E-state index contributed by atoms with van der Waals surface area (Å²) in [6.45, 7) is 0.386. The van der Waals surface area contributed by atoms with Gasteiger partial charge in [-0.2, -0.15) is 13.2 Å². The van der Waals surface area contributed by atoms with E-state index < -0.39 is 17.6 Å². The third-order valence-corrected chi connectivity index (χ3v) is 4.40. The van der Waals surface area contributed by atoms with Crippen molar-refractivity contribution < 1.29 is 18.0 Å². The Kier molecular flexibility index (Phi) is 5.05. The molecule has 112 valence electrons. The zero-order valence-corrected chi connectivity index (χ0v) is 13.1. The van der Waals surface area contributed by atoms with Gasteiger partial charge in [0.2, 0.25) is 0 Å². The van der Waals surface area contributed by atoms with Crippen LogP contribution in [0.15, 0.2) is 40.2 Å². The standard InChI is InChI=1S/C14H11BrF3NOS/c15-12-4-3-9(8-11(12)14(16,17)18)13(20)19-6-5-10-2-1-7-21-10/h1-4,7-8H,5-6H2,(H,19,20). The van der Waals surface area contributed by atoms with Crippen LogP contribution in [0.25, 0.3) is 0 Å². The Labute approximate surface area is 132 Å². The molecular weight excluding hydrogens is 367 g/mol. The van der Waals surface area contributed by atoms with Crippen molar-refractivity contribution in [1.82, 2.24) is 5.32 Å². The highest BCUT2D eigenvalue weighted by atomic mass is 79.9. The van der Waals surface area contributed by atoms with E-state index in [-0.39, 0.29) is 10.0 Å². The summed E-state index contributed by atoms with van der Waals surface area (Å²) in [6.07, 6.45) is -3.84. The van der Waals surface area contributed by atoms with E-state index >= 15 is 0 Å². The number of amides is 1. The largest absolute Gasteiger partial charge is 0.417 e. The summed E-state index contributed by atoms with van der Waals surface area (Å²) in [4.78, 5) is 13.0. The van der Waals surface area contributed by atoms with Gasteiger partial charge in [0.25, 0.3) is 5.91 Å². The van der Waals surface area contributed by atoms with E-state index in [2.05, 4.69) is 21.2 Å². The first-order valence-electron chi connectivity index (χ1n) is 6.05. The maximum absolute atomic E-state index is 12.8. The number of rotatable bonds is 4. The minimum absolute atomic E-state index is 0.00305. The third kappa shape index (κ3) is 4.31. The van der Waals surface area contributed by atoms with E-state index in [4.69, 9.17) is 0 Å². The Morgan fingerprint density at radius 3 is 2.67 bits per heavy atom. The summed E-state index contributed by atoms with van der Waals surface area (Å²) in [7, 11) is 0. The van der Waals surface area contributed by atoms with Gasteiger partial charge in [0.05, 0.1) is 5.56 Å². The highest BCUT2D eigenvalue weighted by Crippen LogP contribution is 2.35. The van der Waals surface area contributed by atoms with E-state index in [1.807, 2.05) is 17.5 Å². The number of carbonyl (C=O) groups is 1. The van der Waals surface area contributed by atoms with E-state index in [0.29, 0.717) is 13.0 Å². The van der Waals surface area contributed by atoms with Crippen molar-refractivity contribution >= 4 is 33.2 Å². The molecule has 0 saturated heterocycles. The molecule has 21 heavy (non-hydrogen) atoms. The first-order chi connectivity index (χ1) is 9.88. The fourth-order valence-corrected chi connectivity index (χ4v) is 2.92. The molecule has 1 amide bonds. The Morgan fingerprint density at radius 2 is 2.05 bits per heavy atom. The highest BCUT2D eigenvalue weighted by molar-refractivity contribution is 9.10. The maximum Gasteiger partial charge on any atom is 0.417 e. The number of halogens is 4. The predicted molar refractivity (Wildman–Crippen MR) is 79.5 cm³/mol. The summed E-state index contributed by atoms with van der Waals surface area (Å²) >= 11 is 4.42. The molecule has 1 aromatic carbocycles. The Bertz CT molecular complexity index is 626. The molecule has 7 heteroatoms. The van der Waals surface area contributed by atoms with E-state index in [9.17, 15) is 18.0 Å².